The molecule has 0 saturated carbocycles. The molecule has 3 rings (SSSR count). The number of hydrogen-bond acceptors (Lipinski definition) is 5. The van der Waals surface area contributed by atoms with Crippen molar-refractivity contribution < 1.29 is 18.3 Å². The fraction of sp³-hybridized carbons (Fsp3) is 0.188. The Kier molecular flexibility index (Phi) is 3.88. The van der Waals surface area contributed by atoms with Crippen LogP contribution < -0.4 is 5.32 Å². The summed E-state index contributed by atoms with van der Waals surface area (Å²) in [7, 11) is 2.80. The van der Waals surface area contributed by atoms with Gasteiger partial charge in [0.1, 0.15) is 22.5 Å². The van der Waals surface area contributed by atoms with E-state index in [9.17, 15) is 13.6 Å². The number of carbonyl (C=O) groups excluding carboxylic acids is 1. The number of nitrogens with one attached hydrogen (secondary N) is 1. The molecule has 0 aliphatic carbocycles. The molecule has 0 radical (unpaired) electrons. The summed E-state index contributed by atoms with van der Waals surface area (Å²) in [6, 6.07) is 5.72. The first-order chi connectivity index (χ1) is 11.4. The minimum atomic E-state index is -0.835. The average molecular weight is 332 g/mol. The number of hydrogen-bond donors (Lipinski definition) is 1. The van der Waals surface area contributed by atoms with Gasteiger partial charge in [0.25, 0.3) is 0 Å². The third kappa shape index (κ3) is 2.45. The molecule has 0 bridgehead atoms. The fourth-order valence-electron chi connectivity index (χ4n) is 2.32. The Balaban J connectivity index is 2.26. The molecule has 2 aromatic heterocycles. The molecule has 0 aliphatic heterocycles. The first-order valence-corrected chi connectivity index (χ1v) is 7.06. The van der Waals surface area contributed by atoms with Gasteiger partial charge in [-0.3, -0.25) is 4.68 Å². The molecule has 24 heavy (non-hydrogen) atoms. The number of aromatic nitrogens is 3. The van der Waals surface area contributed by atoms with E-state index in [4.69, 9.17) is 0 Å². The zero-order valence-electron chi connectivity index (χ0n) is 13.2. The molecule has 2 heterocycles. The summed E-state index contributed by atoms with van der Waals surface area (Å²) in [5, 5.41) is 6.64. The van der Waals surface area contributed by atoms with Crippen LogP contribution in [-0.4, -0.2) is 27.8 Å². The van der Waals surface area contributed by atoms with Crippen molar-refractivity contribution in [2.75, 3.05) is 12.4 Å². The van der Waals surface area contributed by atoms with Gasteiger partial charge in [0.15, 0.2) is 11.5 Å². The number of esters is 1. The molecule has 0 saturated heterocycles. The summed E-state index contributed by atoms with van der Waals surface area (Å²) in [6.07, 6.45) is 0. The van der Waals surface area contributed by atoms with Crippen molar-refractivity contribution in [1.29, 1.82) is 0 Å². The van der Waals surface area contributed by atoms with Crippen molar-refractivity contribution in [3.05, 3.63) is 47.3 Å². The van der Waals surface area contributed by atoms with Gasteiger partial charge < -0.3 is 10.1 Å². The van der Waals surface area contributed by atoms with Crippen molar-refractivity contribution in [2.45, 2.75) is 6.92 Å². The Morgan fingerprint density at radius 2 is 1.96 bits per heavy atom. The van der Waals surface area contributed by atoms with Crippen molar-refractivity contribution in [1.82, 2.24) is 14.8 Å². The minimum Gasteiger partial charge on any atom is -0.464 e. The van der Waals surface area contributed by atoms with E-state index in [-0.39, 0.29) is 28.1 Å². The molecule has 0 unspecified atom stereocenters. The van der Waals surface area contributed by atoms with Crippen LogP contribution in [0.1, 0.15) is 16.2 Å². The van der Waals surface area contributed by atoms with Gasteiger partial charge in [-0.1, -0.05) is 12.1 Å². The van der Waals surface area contributed by atoms with Crippen LogP contribution in [-0.2, 0) is 11.8 Å². The molecular weight excluding hydrogens is 318 g/mol. The Morgan fingerprint density at radius 1 is 1.25 bits per heavy atom. The Bertz CT molecular complexity index is 953. The van der Waals surface area contributed by atoms with Crippen LogP contribution in [0, 0.1) is 18.6 Å². The molecule has 1 N–H and O–H groups in total. The lowest BCUT2D eigenvalue weighted by Gasteiger charge is -2.12. The predicted molar refractivity (Wildman–Crippen MR) is 84.2 cm³/mol. The van der Waals surface area contributed by atoms with Gasteiger partial charge in [-0.05, 0) is 19.1 Å². The van der Waals surface area contributed by atoms with Crippen LogP contribution >= 0.6 is 0 Å². The highest BCUT2D eigenvalue weighted by Gasteiger charge is 2.25. The van der Waals surface area contributed by atoms with E-state index in [1.54, 1.807) is 20.0 Å². The second-order valence-electron chi connectivity index (χ2n) is 5.15. The quantitative estimate of drug-likeness (QED) is 0.747. The fourth-order valence-corrected chi connectivity index (χ4v) is 2.32. The Hall–Kier alpha value is -3.03. The lowest BCUT2D eigenvalue weighted by Crippen LogP contribution is -2.11. The molecule has 0 fully saturated rings. The second-order valence-corrected chi connectivity index (χ2v) is 5.15. The minimum absolute atomic E-state index is 0.00959. The number of ether oxygens (including phenoxy) is 1. The molecule has 8 heteroatoms. The van der Waals surface area contributed by atoms with Gasteiger partial charge in [-0.2, -0.15) is 5.10 Å². The zero-order valence-corrected chi connectivity index (χ0v) is 13.2. The number of para-hydroxylation sites is 1. The molecule has 0 atom stereocenters. The zero-order chi connectivity index (χ0) is 17.4. The average Bonchev–Trinajstić information content (AvgIpc) is 2.86. The molecule has 124 valence electrons. The molecule has 6 nitrogen and oxygen atoms in total. The highest BCUT2D eigenvalue weighted by atomic mass is 19.1. The van der Waals surface area contributed by atoms with Gasteiger partial charge in [-0.15, -0.1) is 0 Å². The normalized spacial score (nSPS) is 10.9. The summed E-state index contributed by atoms with van der Waals surface area (Å²) in [5.41, 5.74) is 0.275. The molecule has 3 aromatic rings. The van der Waals surface area contributed by atoms with Crippen LogP contribution in [0.5, 0.6) is 0 Å². The van der Waals surface area contributed by atoms with Crippen LogP contribution in [0.2, 0.25) is 0 Å². The molecule has 1 aromatic carbocycles. The first kappa shape index (κ1) is 15.9. The van der Waals surface area contributed by atoms with E-state index >= 15 is 0 Å². The van der Waals surface area contributed by atoms with Gasteiger partial charge in [0, 0.05) is 7.05 Å². The number of pyridine rings is 1. The van der Waals surface area contributed by atoms with Crippen LogP contribution in [0.4, 0.5) is 20.2 Å². The van der Waals surface area contributed by atoms with E-state index in [2.05, 4.69) is 20.1 Å². The number of halogens is 2. The maximum atomic E-state index is 14.9. The molecule has 0 spiro atoms. The number of aryl methyl sites for hydroxylation is 2. The van der Waals surface area contributed by atoms with E-state index in [0.717, 1.165) is 7.11 Å². The van der Waals surface area contributed by atoms with Crippen molar-refractivity contribution in [3.63, 3.8) is 0 Å². The van der Waals surface area contributed by atoms with E-state index in [1.807, 2.05) is 0 Å². The number of rotatable bonds is 3. The maximum Gasteiger partial charge on any atom is 0.358 e. The summed E-state index contributed by atoms with van der Waals surface area (Å²) in [4.78, 5) is 16.2. The first-order valence-electron chi connectivity index (χ1n) is 7.06. The summed E-state index contributed by atoms with van der Waals surface area (Å²) >= 11 is 0. The second kappa shape index (κ2) is 5.88. The van der Waals surface area contributed by atoms with Gasteiger partial charge >= 0.3 is 5.97 Å². The van der Waals surface area contributed by atoms with E-state index in [1.165, 1.54) is 22.9 Å². The van der Waals surface area contributed by atoms with Crippen molar-refractivity contribution >= 4 is 28.4 Å². The monoisotopic (exact) mass is 332 g/mol. The SMILES string of the molecule is COC(=O)c1nc2c(C)n(C)nc2c(F)c1Nc1ccccc1F. The molecular formula is C16H14F2N4O2. The third-order valence-corrected chi connectivity index (χ3v) is 3.70. The number of anilines is 2. The largest absolute Gasteiger partial charge is 0.464 e. The van der Waals surface area contributed by atoms with Crippen LogP contribution in [0.25, 0.3) is 11.0 Å². The highest BCUT2D eigenvalue weighted by Crippen LogP contribution is 2.30. The van der Waals surface area contributed by atoms with Crippen molar-refractivity contribution in [2.24, 2.45) is 7.05 Å². The van der Waals surface area contributed by atoms with Gasteiger partial charge in [-0.25, -0.2) is 18.6 Å². The molecule has 0 aliphatic rings. The van der Waals surface area contributed by atoms with Gasteiger partial charge in [0.2, 0.25) is 0 Å². The number of carbonyl (C=O) groups is 1. The third-order valence-electron chi connectivity index (χ3n) is 3.70. The number of nitrogens with zero attached hydrogens (tertiary/aromatic N) is 3. The summed E-state index contributed by atoms with van der Waals surface area (Å²) in [6.45, 7) is 1.70. The Morgan fingerprint density at radius 3 is 2.62 bits per heavy atom. The highest BCUT2D eigenvalue weighted by molar-refractivity contribution is 5.98. The van der Waals surface area contributed by atoms with Gasteiger partial charge in [0.05, 0.1) is 18.5 Å². The smallest absolute Gasteiger partial charge is 0.358 e. The predicted octanol–water partition coefficient (Wildman–Crippen LogP) is 3.09. The number of benzene rings is 1. The maximum absolute atomic E-state index is 14.9. The lowest BCUT2D eigenvalue weighted by atomic mass is 10.2. The lowest BCUT2D eigenvalue weighted by molar-refractivity contribution is 0.0595. The van der Waals surface area contributed by atoms with Crippen LogP contribution in [0.3, 0.4) is 0 Å². The number of fused-ring (bicyclic) bond motifs is 1. The standard InChI is InChI=1S/C16H14F2N4O2/c1-8-12-14(21-22(8)2)11(18)13(15(20-12)16(23)24-3)19-10-7-5-4-6-9(10)17/h4-7,19H,1-3H3. The number of methoxy groups -OCH3 is 1. The topological polar surface area (TPSA) is 69.0 Å². The molecule has 0 amide bonds. The van der Waals surface area contributed by atoms with Crippen molar-refractivity contribution in [3.8, 4) is 0 Å². The van der Waals surface area contributed by atoms with E-state index in [0.29, 0.717) is 5.69 Å². The Labute approximate surface area is 136 Å². The van der Waals surface area contributed by atoms with E-state index < -0.39 is 17.6 Å². The van der Waals surface area contributed by atoms with Crippen LogP contribution in [0.15, 0.2) is 24.3 Å². The summed E-state index contributed by atoms with van der Waals surface area (Å²) in [5.74, 6) is -2.23. The summed E-state index contributed by atoms with van der Waals surface area (Å²) < 4.78 is 34.9.